The largest absolute Gasteiger partial charge is 0.497 e. The molecule has 1 aliphatic heterocycles. The van der Waals surface area contributed by atoms with E-state index in [1.54, 1.807) is 7.11 Å². The van der Waals surface area contributed by atoms with Crippen molar-refractivity contribution in [3.8, 4) is 5.75 Å². The standard InChI is InChI=1S/C14H15ClN2O/c1-18-10-5-11-12(9-3-2-4-16-7-9)8-17-14(11)13(15)6-10/h3,5-6,8,16-17H,2,4,7H2,1H3. The third kappa shape index (κ3) is 1.89. The van der Waals surface area contributed by atoms with Crippen LogP contribution < -0.4 is 10.1 Å². The molecule has 1 aromatic carbocycles. The van der Waals surface area contributed by atoms with E-state index >= 15 is 0 Å². The van der Waals surface area contributed by atoms with Gasteiger partial charge in [0.15, 0.2) is 0 Å². The van der Waals surface area contributed by atoms with Crippen LogP contribution in [0.3, 0.4) is 0 Å². The normalized spacial score (nSPS) is 15.8. The van der Waals surface area contributed by atoms with E-state index in [1.165, 1.54) is 11.1 Å². The Morgan fingerprint density at radius 3 is 2.94 bits per heavy atom. The van der Waals surface area contributed by atoms with Crippen molar-refractivity contribution < 1.29 is 4.74 Å². The number of benzene rings is 1. The molecule has 3 nitrogen and oxygen atoms in total. The summed E-state index contributed by atoms with van der Waals surface area (Å²) in [7, 11) is 1.66. The van der Waals surface area contributed by atoms with E-state index in [4.69, 9.17) is 16.3 Å². The number of halogens is 1. The Balaban J connectivity index is 2.18. The lowest BCUT2D eigenvalue weighted by molar-refractivity contribution is 0.415. The van der Waals surface area contributed by atoms with Crippen molar-refractivity contribution in [2.45, 2.75) is 6.42 Å². The number of hydrogen-bond donors (Lipinski definition) is 2. The molecule has 0 saturated carbocycles. The lowest BCUT2D eigenvalue weighted by atomic mass is 10.0. The molecule has 0 atom stereocenters. The molecule has 2 heterocycles. The van der Waals surface area contributed by atoms with Crippen molar-refractivity contribution >= 4 is 28.1 Å². The molecule has 0 aliphatic carbocycles. The zero-order chi connectivity index (χ0) is 12.5. The lowest BCUT2D eigenvalue weighted by Crippen LogP contribution is -2.21. The molecule has 1 aromatic heterocycles. The van der Waals surface area contributed by atoms with Gasteiger partial charge in [-0.2, -0.15) is 0 Å². The van der Waals surface area contributed by atoms with Crippen LogP contribution >= 0.6 is 11.6 Å². The minimum atomic E-state index is 0.694. The van der Waals surface area contributed by atoms with E-state index in [-0.39, 0.29) is 0 Å². The summed E-state index contributed by atoms with van der Waals surface area (Å²) in [5.74, 6) is 0.790. The molecule has 2 aromatic rings. The highest BCUT2D eigenvalue weighted by Crippen LogP contribution is 2.33. The van der Waals surface area contributed by atoms with Gasteiger partial charge in [0, 0.05) is 29.8 Å². The summed E-state index contributed by atoms with van der Waals surface area (Å²) in [6, 6.07) is 3.86. The Labute approximate surface area is 111 Å². The first-order valence-electron chi connectivity index (χ1n) is 6.04. The molecule has 3 rings (SSSR count). The average Bonchev–Trinajstić information content (AvgIpc) is 2.84. The SMILES string of the molecule is COc1cc(Cl)c2[nH]cc(C3=CCCNC3)c2c1. The van der Waals surface area contributed by atoms with E-state index < -0.39 is 0 Å². The van der Waals surface area contributed by atoms with Crippen LogP contribution in [0.4, 0.5) is 0 Å². The fourth-order valence-electron chi connectivity index (χ4n) is 2.40. The predicted octanol–water partition coefficient (Wildman–Crippen LogP) is 3.21. The molecule has 4 heteroatoms. The van der Waals surface area contributed by atoms with Crippen LogP contribution in [-0.4, -0.2) is 25.2 Å². The van der Waals surface area contributed by atoms with Gasteiger partial charge in [0.25, 0.3) is 0 Å². The minimum Gasteiger partial charge on any atom is -0.497 e. The summed E-state index contributed by atoms with van der Waals surface area (Å²) in [6.45, 7) is 1.96. The third-order valence-corrected chi connectivity index (χ3v) is 3.62. The summed E-state index contributed by atoms with van der Waals surface area (Å²) in [4.78, 5) is 3.25. The highest BCUT2D eigenvalue weighted by atomic mass is 35.5. The van der Waals surface area contributed by atoms with E-state index in [2.05, 4.69) is 16.4 Å². The second-order valence-corrected chi connectivity index (χ2v) is 4.84. The molecule has 18 heavy (non-hydrogen) atoms. The molecule has 1 aliphatic rings. The maximum atomic E-state index is 6.25. The van der Waals surface area contributed by atoms with E-state index in [1.807, 2.05) is 18.3 Å². The Morgan fingerprint density at radius 2 is 2.22 bits per heavy atom. The molecule has 0 spiro atoms. The first-order chi connectivity index (χ1) is 8.79. The smallest absolute Gasteiger partial charge is 0.121 e. The number of methoxy groups -OCH3 is 1. The number of rotatable bonds is 2. The minimum absolute atomic E-state index is 0.694. The first-order valence-corrected chi connectivity index (χ1v) is 6.42. The summed E-state index contributed by atoms with van der Waals surface area (Å²) in [5.41, 5.74) is 3.49. The van der Waals surface area contributed by atoms with Crippen LogP contribution in [-0.2, 0) is 0 Å². The molecule has 0 saturated heterocycles. The van der Waals surface area contributed by atoms with Crippen LogP contribution in [0.5, 0.6) is 5.75 Å². The third-order valence-electron chi connectivity index (χ3n) is 3.32. The quantitative estimate of drug-likeness (QED) is 0.872. The zero-order valence-electron chi connectivity index (χ0n) is 10.2. The van der Waals surface area contributed by atoms with Gasteiger partial charge in [-0.1, -0.05) is 17.7 Å². The van der Waals surface area contributed by atoms with Gasteiger partial charge in [-0.05, 0) is 24.6 Å². The molecular weight excluding hydrogens is 248 g/mol. The Kier molecular flexibility index (Phi) is 3.02. The molecule has 0 unspecified atom stereocenters. The first kappa shape index (κ1) is 11.6. The zero-order valence-corrected chi connectivity index (χ0v) is 11.0. The van der Waals surface area contributed by atoms with E-state index in [0.29, 0.717) is 5.02 Å². The number of H-pyrrole nitrogens is 1. The van der Waals surface area contributed by atoms with Gasteiger partial charge in [-0.15, -0.1) is 0 Å². The van der Waals surface area contributed by atoms with Crippen LogP contribution in [0.2, 0.25) is 5.02 Å². The van der Waals surface area contributed by atoms with Crippen LogP contribution in [0.1, 0.15) is 12.0 Å². The van der Waals surface area contributed by atoms with E-state index in [0.717, 1.165) is 36.2 Å². The molecule has 2 N–H and O–H groups in total. The maximum absolute atomic E-state index is 6.25. The lowest BCUT2D eigenvalue weighted by Gasteiger charge is -2.13. The summed E-state index contributed by atoms with van der Waals surface area (Å²) >= 11 is 6.25. The summed E-state index contributed by atoms with van der Waals surface area (Å²) < 4.78 is 5.28. The van der Waals surface area contributed by atoms with Crippen molar-refractivity contribution in [1.29, 1.82) is 0 Å². The van der Waals surface area contributed by atoms with Crippen molar-refractivity contribution in [1.82, 2.24) is 10.3 Å². The highest BCUT2D eigenvalue weighted by molar-refractivity contribution is 6.35. The van der Waals surface area contributed by atoms with Crippen LogP contribution in [0, 0.1) is 0 Å². The highest BCUT2D eigenvalue weighted by Gasteiger charge is 2.13. The topological polar surface area (TPSA) is 37.0 Å². The van der Waals surface area contributed by atoms with Crippen LogP contribution in [0.15, 0.2) is 24.4 Å². The Morgan fingerprint density at radius 1 is 1.33 bits per heavy atom. The second-order valence-electron chi connectivity index (χ2n) is 4.43. The van der Waals surface area contributed by atoms with Gasteiger partial charge in [-0.3, -0.25) is 0 Å². The fourth-order valence-corrected chi connectivity index (χ4v) is 2.66. The van der Waals surface area contributed by atoms with Gasteiger partial charge < -0.3 is 15.0 Å². The average molecular weight is 263 g/mol. The summed E-state index contributed by atoms with van der Waals surface area (Å²) in [5, 5.41) is 5.20. The van der Waals surface area contributed by atoms with Gasteiger partial charge in [-0.25, -0.2) is 0 Å². The fraction of sp³-hybridized carbons (Fsp3) is 0.286. The number of nitrogens with one attached hydrogen (secondary N) is 2. The van der Waals surface area contributed by atoms with Crippen LogP contribution in [0.25, 0.3) is 16.5 Å². The number of ether oxygens (including phenoxy) is 1. The summed E-state index contributed by atoms with van der Waals surface area (Å²) in [6.07, 6.45) is 5.38. The Hall–Kier alpha value is -1.45. The maximum Gasteiger partial charge on any atom is 0.121 e. The van der Waals surface area contributed by atoms with Crippen molar-refractivity contribution in [3.05, 3.63) is 35.0 Å². The van der Waals surface area contributed by atoms with Crippen molar-refractivity contribution in [3.63, 3.8) is 0 Å². The number of aromatic amines is 1. The van der Waals surface area contributed by atoms with Gasteiger partial charge in [0.1, 0.15) is 5.75 Å². The predicted molar refractivity (Wildman–Crippen MR) is 75.3 cm³/mol. The Bertz CT molecular complexity index is 616. The van der Waals surface area contributed by atoms with Gasteiger partial charge in [0.2, 0.25) is 0 Å². The monoisotopic (exact) mass is 262 g/mol. The van der Waals surface area contributed by atoms with Crippen molar-refractivity contribution in [2.24, 2.45) is 0 Å². The molecule has 0 radical (unpaired) electrons. The van der Waals surface area contributed by atoms with Crippen molar-refractivity contribution in [2.75, 3.05) is 20.2 Å². The van der Waals surface area contributed by atoms with E-state index in [9.17, 15) is 0 Å². The second kappa shape index (κ2) is 4.67. The van der Waals surface area contributed by atoms with Gasteiger partial charge >= 0.3 is 0 Å². The molecular formula is C14H15ClN2O. The number of fused-ring (bicyclic) bond motifs is 1. The number of hydrogen-bond acceptors (Lipinski definition) is 2. The molecule has 94 valence electrons. The molecule has 0 amide bonds. The van der Waals surface area contributed by atoms with Gasteiger partial charge in [0.05, 0.1) is 17.6 Å². The molecule has 0 bridgehead atoms. The molecule has 0 fully saturated rings. The number of aromatic nitrogens is 1.